The maximum Gasteiger partial charge on any atom is 0.128 e. The van der Waals surface area contributed by atoms with Crippen LogP contribution in [-0.2, 0) is 12.8 Å². The highest BCUT2D eigenvalue weighted by molar-refractivity contribution is 6.03. The molecule has 41 heavy (non-hydrogen) atoms. The van der Waals surface area contributed by atoms with Gasteiger partial charge < -0.3 is 20.6 Å². The second-order valence-electron chi connectivity index (χ2n) is 12.2. The van der Waals surface area contributed by atoms with Gasteiger partial charge in [-0.25, -0.2) is 9.97 Å². The van der Waals surface area contributed by atoms with Crippen LogP contribution in [0.25, 0.3) is 22.1 Å². The Kier molecular flexibility index (Phi) is 7.19. The molecule has 2 aliphatic heterocycles. The summed E-state index contributed by atoms with van der Waals surface area (Å²) in [5.74, 6) is 4.22. The predicted octanol–water partition coefficient (Wildman–Crippen LogP) is 5.75. The van der Waals surface area contributed by atoms with E-state index in [9.17, 15) is 0 Å². The number of imidazole rings is 2. The van der Waals surface area contributed by atoms with Gasteiger partial charge in [-0.1, -0.05) is 25.7 Å². The maximum atomic E-state index is 4.99. The average Bonchev–Trinajstić information content (AvgIpc) is 3.77. The number of aliphatic imine (C=N–C) groups is 2. The van der Waals surface area contributed by atoms with E-state index in [1.807, 2.05) is 0 Å². The van der Waals surface area contributed by atoms with Gasteiger partial charge in [0.15, 0.2) is 0 Å². The SMILES string of the molecule is Cl.c1cc2nc(CCCCc3nc4ccc(C5=N[C@H]6CCCC[C@H]6N5)cc4[nH]3)[nH]c2cc1C1=N[C@@H]2CCCC[C@@H]2N1. The van der Waals surface area contributed by atoms with Gasteiger partial charge in [0.1, 0.15) is 23.3 Å². The number of aromatic amines is 2. The summed E-state index contributed by atoms with van der Waals surface area (Å²) in [6.07, 6.45) is 14.1. The first-order valence-corrected chi connectivity index (χ1v) is 15.4. The number of fused-ring (bicyclic) bond motifs is 4. The van der Waals surface area contributed by atoms with E-state index in [-0.39, 0.29) is 12.4 Å². The third kappa shape index (κ3) is 5.23. The van der Waals surface area contributed by atoms with Crippen molar-refractivity contribution in [3.8, 4) is 0 Å². The molecule has 8 rings (SSSR count). The van der Waals surface area contributed by atoms with Gasteiger partial charge in [-0.2, -0.15) is 0 Å². The van der Waals surface area contributed by atoms with E-state index in [0.717, 1.165) is 71.1 Å². The van der Waals surface area contributed by atoms with Crippen LogP contribution in [0.1, 0.15) is 87.0 Å². The number of H-pyrrole nitrogens is 2. The average molecular weight is 571 g/mol. The van der Waals surface area contributed by atoms with Gasteiger partial charge in [-0.15, -0.1) is 12.4 Å². The summed E-state index contributed by atoms with van der Waals surface area (Å²) in [5, 5.41) is 7.35. The molecule has 2 aromatic carbocycles. The van der Waals surface area contributed by atoms with Crippen molar-refractivity contribution in [3.05, 3.63) is 59.2 Å². The molecule has 214 valence electrons. The van der Waals surface area contributed by atoms with Crippen molar-refractivity contribution in [2.45, 2.75) is 101 Å². The summed E-state index contributed by atoms with van der Waals surface area (Å²) in [6.45, 7) is 0. The smallest absolute Gasteiger partial charge is 0.128 e. The van der Waals surface area contributed by atoms with Crippen molar-refractivity contribution in [1.82, 2.24) is 30.6 Å². The van der Waals surface area contributed by atoms with Crippen LogP contribution in [0.5, 0.6) is 0 Å². The van der Waals surface area contributed by atoms with Crippen LogP contribution in [0.4, 0.5) is 0 Å². The molecule has 0 spiro atoms. The quantitative estimate of drug-likeness (QED) is 0.212. The van der Waals surface area contributed by atoms with Crippen molar-refractivity contribution >= 4 is 46.1 Å². The van der Waals surface area contributed by atoms with Crippen LogP contribution in [0, 0.1) is 0 Å². The molecule has 0 unspecified atom stereocenters. The topological polar surface area (TPSA) is 106 Å². The molecule has 2 saturated carbocycles. The minimum absolute atomic E-state index is 0. The van der Waals surface area contributed by atoms with Gasteiger partial charge in [0, 0.05) is 36.1 Å². The molecule has 2 aliphatic carbocycles. The Morgan fingerprint density at radius 2 is 1.07 bits per heavy atom. The largest absolute Gasteiger partial charge is 0.365 e. The van der Waals surface area contributed by atoms with E-state index >= 15 is 0 Å². The molecule has 4 atom stereocenters. The predicted molar refractivity (Wildman–Crippen MR) is 168 cm³/mol. The zero-order valence-electron chi connectivity index (χ0n) is 23.5. The zero-order valence-corrected chi connectivity index (χ0v) is 24.3. The number of nitrogens with one attached hydrogen (secondary N) is 4. The molecule has 2 aromatic heterocycles. The van der Waals surface area contributed by atoms with Crippen molar-refractivity contribution in [3.63, 3.8) is 0 Å². The first-order chi connectivity index (χ1) is 19.7. The lowest BCUT2D eigenvalue weighted by Crippen LogP contribution is -2.36. The van der Waals surface area contributed by atoms with Crippen LogP contribution in [0.3, 0.4) is 0 Å². The van der Waals surface area contributed by atoms with E-state index in [1.165, 1.54) is 62.5 Å². The Balaban J connectivity index is 0.00000276. The molecule has 4 aliphatic rings. The molecular formula is C32H39ClN8. The Bertz CT molecular complexity index is 1500. The molecule has 9 heteroatoms. The van der Waals surface area contributed by atoms with Gasteiger partial charge in [0.05, 0.1) is 34.2 Å². The number of benzene rings is 2. The van der Waals surface area contributed by atoms with Crippen LogP contribution in [0.2, 0.25) is 0 Å². The van der Waals surface area contributed by atoms with E-state index < -0.39 is 0 Å². The van der Waals surface area contributed by atoms with Crippen LogP contribution < -0.4 is 10.6 Å². The number of aryl methyl sites for hydroxylation is 2. The van der Waals surface area contributed by atoms with Gasteiger partial charge in [0.2, 0.25) is 0 Å². The summed E-state index contributed by atoms with van der Waals surface area (Å²) in [6, 6.07) is 14.9. The van der Waals surface area contributed by atoms with E-state index in [2.05, 4.69) is 57.0 Å². The van der Waals surface area contributed by atoms with Crippen molar-refractivity contribution < 1.29 is 0 Å². The summed E-state index contributed by atoms with van der Waals surface area (Å²) >= 11 is 0. The highest BCUT2D eigenvalue weighted by Crippen LogP contribution is 2.28. The number of amidine groups is 2. The standard InChI is InChI=1S/C32H38N8.ClH/c1-2-8-22-21(7-1)37-31(38-22)19-13-15-25-27(17-19)35-29(33-25)11-5-6-12-30-34-26-16-14-20(18-28(26)36-30)32-39-23-9-3-4-10-24(23)40-32;/h13-18,21-24H,1-12H2,(H,33,35)(H,34,36)(H,37,38)(H,39,40);1H/t21-,22+,23-,24+;. The number of hydrogen-bond donors (Lipinski definition) is 4. The van der Waals surface area contributed by atoms with Gasteiger partial charge in [-0.05, 0) is 74.9 Å². The van der Waals surface area contributed by atoms with E-state index in [1.54, 1.807) is 0 Å². The minimum atomic E-state index is 0. The Hall–Kier alpha value is -3.39. The van der Waals surface area contributed by atoms with Crippen molar-refractivity contribution in [1.29, 1.82) is 0 Å². The van der Waals surface area contributed by atoms with E-state index in [4.69, 9.17) is 20.0 Å². The second-order valence-corrected chi connectivity index (χ2v) is 12.2. The van der Waals surface area contributed by atoms with Crippen LogP contribution in [0.15, 0.2) is 46.4 Å². The molecule has 0 radical (unpaired) electrons. The fourth-order valence-corrected chi connectivity index (χ4v) is 7.18. The van der Waals surface area contributed by atoms with Crippen LogP contribution >= 0.6 is 12.4 Å². The Morgan fingerprint density at radius 3 is 1.54 bits per heavy atom. The van der Waals surface area contributed by atoms with Crippen molar-refractivity contribution in [2.75, 3.05) is 0 Å². The van der Waals surface area contributed by atoms with Gasteiger partial charge >= 0.3 is 0 Å². The van der Waals surface area contributed by atoms with E-state index in [0.29, 0.717) is 24.2 Å². The zero-order chi connectivity index (χ0) is 26.5. The summed E-state index contributed by atoms with van der Waals surface area (Å²) in [7, 11) is 0. The molecule has 4 aromatic rings. The lowest BCUT2D eigenvalue weighted by Gasteiger charge is -2.23. The maximum absolute atomic E-state index is 4.99. The number of aromatic nitrogens is 4. The highest BCUT2D eigenvalue weighted by Gasteiger charge is 2.32. The number of hydrogen-bond acceptors (Lipinski definition) is 6. The van der Waals surface area contributed by atoms with Gasteiger partial charge in [0.25, 0.3) is 0 Å². The van der Waals surface area contributed by atoms with Crippen molar-refractivity contribution in [2.24, 2.45) is 9.98 Å². The molecule has 4 heterocycles. The summed E-state index contributed by atoms with van der Waals surface area (Å²) < 4.78 is 0. The third-order valence-electron chi connectivity index (χ3n) is 9.38. The van der Waals surface area contributed by atoms with Gasteiger partial charge in [-0.3, -0.25) is 9.98 Å². The molecule has 8 nitrogen and oxygen atoms in total. The summed E-state index contributed by atoms with van der Waals surface area (Å²) in [4.78, 5) is 26.8. The lowest BCUT2D eigenvalue weighted by atomic mass is 9.92. The number of unbranched alkanes of at least 4 members (excludes halogenated alkanes) is 1. The number of halogens is 1. The minimum Gasteiger partial charge on any atom is -0.365 e. The molecule has 2 fully saturated rings. The summed E-state index contributed by atoms with van der Waals surface area (Å²) in [5.41, 5.74) is 6.59. The fraction of sp³-hybridized carbons (Fsp3) is 0.500. The fourth-order valence-electron chi connectivity index (χ4n) is 7.18. The number of nitrogens with zero attached hydrogens (tertiary/aromatic N) is 4. The Labute approximate surface area is 246 Å². The second kappa shape index (κ2) is 11.1. The molecule has 0 saturated heterocycles. The normalized spacial score (nSPS) is 25.2. The highest BCUT2D eigenvalue weighted by atomic mass is 35.5. The molecule has 0 amide bonds. The number of rotatable bonds is 7. The first kappa shape index (κ1) is 26.5. The monoisotopic (exact) mass is 570 g/mol. The molecule has 4 N–H and O–H groups in total. The molecular weight excluding hydrogens is 532 g/mol. The molecule has 0 bridgehead atoms. The Morgan fingerprint density at radius 1 is 0.610 bits per heavy atom. The first-order valence-electron chi connectivity index (χ1n) is 15.4. The third-order valence-corrected chi connectivity index (χ3v) is 9.38. The van der Waals surface area contributed by atoms with Crippen LogP contribution in [-0.4, -0.2) is 55.8 Å². The lowest BCUT2D eigenvalue weighted by molar-refractivity contribution is 0.385.